The molecule has 84 valence electrons. The Hall–Kier alpha value is -0.570. The maximum atomic E-state index is 11.2. The van der Waals surface area contributed by atoms with Gasteiger partial charge in [-0.1, -0.05) is 26.2 Å². The average Bonchev–Trinajstić information content (AvgIpc) is 2.16. The maximum Gasteiger partial charge on any atom is 0.236 e. The Morgan fingerprint density at radius 3 is 2.43 bits per heavy atom. The highest BCUT2D eigenvalue weighted by Crippen LogP contribution is 2.03. The monoisotopic (exact) mass is 200 g/mol. The number of rotatable bonds is 7. The third-order valence-electron chi connectivity index (χ3n) is 2.41. The molecule has 0 heterocycles. The Morgan fingerprint density at radius 2 is 1.93 bits per heavy atom. The number of carbonyl (C=O) groups excluding carboxylic acids is 1. The summed E-state index contributed by atoms with van der Waals surface area (Å²) in [7, 11) is 1.67. The van der Waals surface area contributed by atoms with Gasteiger partial charge in [0.25, 0.3) is 0 Å². The standard InChI is InChI=1S/C11H24N2O/c1-5-6-7-8-9(2)13-10(3)11(14)12-4/h9-10,13H,5-8H2,1-4H3,(H,12,14)/t9?,10-/m1/s1. The Labute approximate surface area is 87.6 Å². The lowest BCUT2D eigenvalue weighted by molar-refractivity contribution is -0.122. The third kappa shape index (κ3) is 5.97. The molecular formula is C11H24N2O. The fourth-order valence-electron chi connectivity index (χ4n) is 1.50. The molecule has 14 heavy (non-hydrogen) atoms. The lowest BCUT2D eigenvalue weighted by Crippen LogP contribution is -2.44. The molecule has 0 aromatic heterocycles. The second-order valence-electron chi connectivity index (χ2n) is 3.90. The zero-order chi connectivity index (χ0) is 11.0. The van der Waals surface area contributed by atoms with Gasteiger partial charge >= 0.3 is 0 Å². The molecule has 2 atom stereocenters. The molecule has 1 amide bonds. The topological polar surface area (TPSA) is 41.1 Å². The Kier molecular flexibility index (Phi) is 7.48. The molecule has 0 saturated carbocycles. The van der Waals surface area contributed by atoms with Crippen LogP contribution in [-0.4, -0.2) is 25.0 Å². The summed E-state index contributed by atoms with van der Waals surface area (Å²) in [6, 6.07) is 0.338. The summed E-state index contributed by atoms with van der Waals surface area (Å²) < 4.78 is 0. The SMILES string of the molecule is CCCCCC(C)N[C@H](C)C(=O)NC. The largest absolute Gasteiger partial charge is 0.358 e. The fraction of sp³-hybridized carbons (Fsp3) is 0.909. The van der Waals surface area contributed by atoms with E-state index in [9.17, 15) is 4.79 Å². The molecule has 0 radical (unpaired) electrons. The molecule has 0 aliphatic carbocycles. The van der Waals surface area contributed by atoms with Gasteiger partial charge in [-0.2, -0.15) is 0 Å². The average molecular weight is 200 g/mol. The van der Waals surface area contributed by atoms with Crippen molar-refractivity contribution in [3.63, 3.8) is 0 Å². The van der Waals surface area contributed by atoms with Crippen LogP contribution in [0.25, 0.3) is 0 Å². The first-order chi connectivity index (χ1) is 6.61. The molecule has 0 aromatic carbocycles. The molecule has 0 spiro atoms. The Balaban J connectivity index is 3.59. The van der Waals surface area contributed by atoms with Crippen molar-refractivity contribution < 1.29 is 4.79 Å². The predicted octanol–water partition coefficient (Wildman–Crippen LogP) is 1.68. The van der Waals surface area contributed by atoms with Crippen LogP contribution in [0.2, 0.25) is 0 Å². The molecule has 0 aromatic rings. The van der Waals surface area contributed by atoms with Gasteiger partial charge in [0.2, 0.25) is 5.91 Å². The molecule has 0 fully saturated rings. The van der Waals surface area contributed by atoms with E-state index in [1.54, 1.807) is 7.05 Å². The smallest absolute Gasteiger partial charge is 0.236 e. The van der Waals surface area contributed by atoms with Crippen LogP contribution in [0.15, 0.2) is 0 Å². The summed E-state index contributed by atoms with van der Waals surface area (Å²) >= 11 is 0. The lowest BCUT2D eigenvalue weighted by Gasteiger charge is -2.18. The lowest BCUT2D eigenvalue weighted by atomic mass is 10.1. The van der Waals surface area contributed by atoms with Crippen molar-refractivity contribution in [3.05, 3.63) is 0 Å². The van der Waals surface area contributed by atoms with Crippen molar-refractivity contribution in [2.45, 2.75) is 58.5 Å². The summed E-state index contributed by atoms with van der Waals surface area (Å²) in [6.45, 7) is 6.23. The van der Waals surface area contributed by atoms with Crippen LogP contribution in [0.1, 0.15) is 46.5 Å². The van der Waals surface area contributed by atoms with E-state index >= 15 is 0 Å². The highest BCUT2D eigenvalue weighted by molar-refractivity contribution is 5.80. The van der Waals surface area contributed by atoms with Gasteiger partial charge in [0, 0.05) is 13.1 Å². The van der Waals surface area contributed by atoms with E-state index in [1.807, 2.05) is 6.92 Å². The van der Waals surface area contributed by atoms with Gasteiger partial charge in [-0.25, -0.2) is 0 Å². The van der Waals surface area contributed by atoms with Crippen LogP contribution >= 0.6 is 0 Å². The minimum absolute atomic E-state index is 0.0624. The zero-order valence-electron chi connectivity index (χ0n) is 9.89. The van der Waals surface area contributed by atoms with Crippen molar-refractivity contribution in [1.29, 1.82) is 0 Å². The van der Waals surface area contributed by atoms with Crippen LogP contribution < -0.4 is 10.6 Å². The van der Waals surface area contributed by atoms with E-state index < -0.39 is 0 Å². The first-order valence-corrected chi connectivity index (χ1v) is 5.59. The van der Waals surface area contributed by atoms with Crippen molar-refractivity contribution >= 4 is 5.91 Å². The van der Waals surface area contributed by atoms with Crippen LogP contribution in [-0.2, 0) is 4.79 Å². The molecule has 0 aliphatic heterocycles. The third-order valence-corrected chi connectivity index (χ3v) is 2.41. The Morgan fingerprint density at radius 1 is 1.29 bits per heavy atom. The Bertz CT molecular complexity index is 159. The predicted molar refractivity (Wildman–Crippen MR) is 60.3 cm³/mol. The first kappa shape index (κ1) is 13.4. The normalized spacial score (nSPS) is 14.9. The molecular weight excluding hydrogens is 176 g/mol. The van der Waals surface area contributed by atoms with Gasteiger partial charge in [0.1, 0.15) is 0 Å². The zero-order valence-corrected chi connectivity index (χ0v) is 9.89. The van der Waals surface area contributed by atoms with Gasteiger partial charge in [-0.05, 0) is 20.3 Å². The van der Waals surface area contributed by atoms with Gasteiger partial charge in [-0.15, -0.1) is 0 Å². The molecule has 0 aliphatic rings. The summed E-state index contributed by atoms with van der Waals surface area (Å²) in [5.74, 6) is 0.0624. The van der Waals surface area contributed by atoms with E-state index in [4.69, 9.17) is 0 Å². The molecule has 3 nitrogen and oxygen atoms in total. The molecule has 0 saturated heterocycles. The molecule has 0 bridgehead atoms. The minimum Gasteiger partial charge on any atom is -0.358 e. The molecule has 2 N–H and O–H groups in total. The number of nitrogens with one attached hydrogen (secondary N) is 2. The van der Waals surface area contributed by atoms with E-state index in [0.717, 1.165) is 6.42 Å². The van der Waals surface area contributed by atoms with E-state index in [2.05, 4.69) is 24.5 Å². The highest BCUT2D eigenvalue weighted by atomic mass is 16.2. The highest BCUT2D eigenvalue weighted by Gasteiger charge is 2.12. The number of hydrogen-bond acceptors (Lipinski definition) is 2. The fourth-order valence-corrected chi connectivity index (χ4v) is 1.50. The van der Waals surface area contributed by atoms with Gasteiger partial charge in [-0.3, -0.25) is 4.79 Å². The number of hydrogen-bond donors (Lipinski definition) is 2. The van der Waals surface area contributed by atoms with E-state index in [1.165, 1.54) is 19.3 Å². The van der Waals surface area contributed by atoms with E-state index in [0.29, 0.717) is 6.04 Å². The maximum absolute atomic E-state index is 11.2. The van der Waals surface area contributed by atoms with Gasteiger partial charge in [0.05, 0.1) is 6.04 Å². The summed E-state index contributed by atoms with van der Waals surface area (Å²) in [6.07, 6.45) is 4.92. The van der Waals surface area contributed by atoms with Crippen molar-refractivity contribution in [2.75, 3.05) is 7.05 Å². The number of unbranched alkanes of at least 4 members (excludes halogenated alkanes) is 2. The van der Waals surface area contributed by atoms with Crippen LogP contribution in [0, 0.1) is 0 Å². The van der Waals surface area contributed by atoms with Crippen molar-refractivity contribution in [1.82, 2.24) is 10.6 Å². The van der Waals surface area contributed by atoms with Gasteiger partial charge < -0.3 is 10.6 Å². The minimum atomic E-state index is -0.0865. The van der Waals surface area contributed by atoms with Crippen molar-refractivity contribution in [2.24, 2.45) is 0 Å². The van der Waals surface area contributed by atoms with Gasteiger partial charge in [0.15, 0.2) is 0 Å². The first-order valence-electron chi connectivity index (χ1n) is 5.59. The summed E-state index contributed by atoms with van der Waals surface area (Å²) in [5.41, 5.74) is 0. The van der Waals surface area contributed by atoms with Crippen LogP contribution in [0.3, 0.4) is 0 Å². The van der Waals surface area contributed by atoms with E-state index in [-0.39, 0.29) is 11.9 Å². The number of amides is 1. The second kappa shape index (κ2) is 7.80. The summed E-state index contributed by atoms with van der Waals surface area (Å²) in [5, 5.41) is 5.91. The van der Waals surface area contributed by atoms with Crippen molar-refractivity contribution in [3.8, 4) is 0 Å². The van der Waals surface area contributed by atoms with Crippen LogP contribution in [0.4, 0.5) is 0 Å². The summed E-state index contributed by atoms with van der Waals surface area (Å²) in [4.78, 5) is 11.2. The number of likely N-dealkylation sites (N-methyl/N-ethyl adjacent to an activating group) is 1. The molecule has 1 unspecified atom stereocenters. The molecule has 3 heteroatoms. The number of carbonyl (C=O) groups is 1. The second-order valence-corrected chi connectivity index (χ2v) is 3.90. The quantitative estimate of drug-likeness (QED) is 0.614. The van der Waals surface area contributed by atoms with Crippen LogP contribution in [0.5, 0.6) is 0 Å². The molecule has 0 rings (SSSR count).